The number of imide groups is 1. The molecule has 33 heavy (non-hydrogen) atoms. The second-order valence-corrected chi connectivity index (χ2v) is 7.86. The number of carbonyl (C=O) groups excluding carboxylic acids is 3. The van der Waals surface area contributed by atoms with Gasteiger partial charge in [-0.2, -0.15) is 5.10 Å². The van der Waals surface area contributed by atoms with Crippen LogP contribution in [0.1, 0.15) is 33.6 Å². The predicted octanol–water partition coefficient (Wildman–Crippen LogP) is 3.30. The summed E-state index contributed by atoms with van der Waals surface area (Å²) in [6.07, 6.45) is 2.26. The first-order valence-electron chi connectivity index (χ1n) is 10.5. The highest BCUT2D eigenvalue weighted by Crippen LogP contribution is 2.23. The molecule has 168 valence electrons. The zero-order valence-corrected chi connectivity index (χ0v) is 18.4. The lowest BCUT2D eigenvalue weighted by molar-refractivity contribution is -0.116. The van der Waals surface area contributed by atoms with Crippen molar-refractivity contribution >= 4 is 40.6 Å². The number of carbonyl (C=O) groups is 3. The van der Waals surface area contributed by atoms with E-state index in [1.807, 2.05) is 37.2 Å². The fraction of sp³-hybridized carbons (Fsp3) is 0.208. The Morgan fingerprint density at radius 1 is 0.970 bits per heavy atom. The zero-order chi connectivity index (χ0) is 23.4. The Labute approximate surface area is 191 Å². The Morgan fingerprint density at radius 3 is 2.24 bits per heavy atom. The van der Waals surface area contributed by atoms with Crippen molar-refractivity contribution < 1.29 is 14.4 Å². The molecule has 0 atom stereocenters. The van der Waals surface area contributed by atoms with Crippen LogP contribution in [0.5, 0.6) is 0 Å². The Kier molecular flexibility index (Phi) is 6.30. The third-order valence-corrected chi connectivity index (χ3v) is 5.26. The van der Waals surface area contributed by atoms with Gasteiger partial charge in [-0.1, -0.05) is 12.1 Å². The van der Waals surface area contributed by atoms with Crippen molar-refractivity contribution in [3.05, 3.63) is 71.9 Å². The minimum absolute atomic E-state index is 0.183. The van der Waals surface area contributed by atoms with Crippen LogP contribution in [-0.2, 0) is 4.79 Å². The van der Waals surface area contributed by atoms with Gasteiger partial charge in [0.1, 0.15) is 0 Å². The van der Waals surface area contributed by atoms with Crippen LogP contribution in [0.3, 0.4) is 0 Å². The predicted molar refractivity (Wildman–Crippen MR) is 126 cm³/mol. The van der Waals surface area contributed by atoms with Crippen LogP contribution in [0.25, 0.3) is 0 Å². The highest BCUT2D eigenvalue weighted by molar-refractivity contribution is 6.21. The summed E-state index contributed by atoms with van der Waals surface area (Å²) in [7, 11) is 3.86. The van der Waals surface area contributed by atoms with E-state index in [4.69, 9.17) is 0 Å². The van der Waals surface area contributed by atoms with Gasteiger partial charge in [-0.3, -0.25) is 19.3 Å². The SMILES string of the molecule is CN(C)c1cnnc(Nc2ccc(NC(=O)CCCN3C(=O)c4ccccc4C3=O)cc2)c1. The molecule has 0 aliphatic carbocycles. The van der Waals surface area contributed by atoms with Crippen LogP contribution in [-0.4, -0.2) is 53.5 Å². The maximum Gasteiger partial charge on any atom is 0.261 e. The molecular weight excluding hydrogens is 420 g/mol. The van der Waals surface area contributed by atoms with Crippen molar-refractivity contribution in [1.29, 1.82) is 0 Å². The molecular formula is C24H24N6O3. The molecule has 0 fully saturated rings. The van der Waals surface area contributed by atoms with Crippen molar-refractivity contribution in [2.24, 2.45) is 0 Å². The minimum Gasteiger partial charge on any atom is -0.376 e. The van der Waals surface area contributed by atoms with Gasteiger partial charge < -0.3 is 15.5 Å². The van der Waals surface area contributed by atoms with Crippen molar-refractivity contribution in [2.75, 3.05) is 36.2 Å². The van der Waals surface area contributed by atoms with Gasteiger partial charge in [0.25, 0.3) is 11.8 Å². The van der Waals surface area contributed by atoms with E-state index in [-0.39, 0.29) is 30.7 Å². The summed E-state index contributed by atoms with van der Waals surface area (Å²) in [5, 5.41) is 14.1. The largest absolute Gasteiger partial charge is 0.376 e. The molecule has 3 amide bonds. The van der Waals surface area contributed by atoms with Crippen molar-refractivity contribution in [1.82, 2.24) is 15.1 Å². The van der Waals surface area contributed by atoms with Gasteiger partial charge in [0.05, 0.1) is 23.0 Å². The number of amides is 3. The molecule has 2 N–H and O–H groups in total. The van der Waals surface area contributed by atoms with Gasteiger partial charge >= 0.3 is 0 Å². The summed E-state index contributed by atoms with van der Waals surface area (Å²) >= 11 is 0. The summed E-state index contributed by atoms with van der Waals surface area (Å²) < 4.78 is 0. The average Bonchev–Trinajstić information content (AvgIpc) is 3.05. The molecule has 9 nitrogen and oxygen atoms in total. The van der Waals surface area contributed by atoms with Crippen LogP contribution in [0.4, 0.5) is 22.9 Å². The first kappa shape index (κ1) is 21.9. The molecule has 0 bridgehead atoms. The lowest BCUT2D eigenvalue weighted by atomic mass is 10.1. The van der Waals surface area contributed by atoms with E-state index in [2.05, 4.69) is 20.8 Å². The normalized spacial score (nSPS) is 12.5. The fourth-order valence-corrected chi connectivity index (χ4v) is 3.51. The standard InChI is InChI=1S/C24H24N6O3/c1-29(2)18-14-21(28-25-15-18)26-16-9-11-17(12-10-16)27-22(31)8-5-13-30-23(32)19-6-3-4-7-20(19)24(30)33/h3-4,6-7,9-12,14-15H,5,8,13H2,1-2H3,(H,26,28)(H,27,31). The topological polar surface area (TPSA) is 108 Å². The second kappa shape index (κ2) is 9.47. The number of benzene rings is 2. The molecule has 9 heteroatoms. The van der Waals surface area contributed by atoms with E-state index in [1.54, 1.807) is 42.6 Å². The number of hydrogen-bond acceptors (Lipinski definition) is 7. The molecule has 2 heterocycles. The molecule has 0 saturated heterocycles. The Morgan fingerprint density at radius 2 is 1.61 bits per heavy atom. The highest BCUT2D eigenvalue weighted by Gasteiger charge is 2.34. The zero-order valence-electron chi connectivity index (χ0n) is 18.4. The van der Waals surface area contributed by atoms with Gasteiger partial charge in [0.2, 0.25) is 5.91 Å². The maximum absolute atomic E-state index is 12.4. The molecule has 4 rings (SSSR count). The van der Waals surface area contributed by atoms with Crippen LogP contribution < -0.4 is 15.5 Å². The van der Waals surface area contributed by atoms with Gasteiger partial charge in [0.15, 0.2) is 5.82 Å². The Hall–Kier alpha value is -4.27. The molecule has 1 aliphatic rings. The summed E-state index contributed by atoms with van der Waals surface area (Å²) in [5.41, 5.74) is 3.22. The number of rotatable bonds is 8. The number of nitrogens with one attached hydrogen (secondary N) is 2. The van der Waals surface area contributed by atoms with E-state index in [0.29, 0.717) is 29.1 Å². The Balaban J connectivity index is 1.26. The van der Waals surface area contributed by atoms with Crippen LogP contribution in [0, 0.1) is 0 Å². The smallest absolute Gasteiger partial charge is 0.261 e. The molecule has 3 aromatic rings. The lowest BCUT2D eigenvalue weighted by Gasteiger charge is -2.14. The molecule has 2 aromatic carbocycles. The first-order valence-corrected chi connectivity index (χ1v) is 10.5. The van der Waals surface area contributed by atoms with Gasteiger partial charge in [-0.05, 0) is 42.8 Å². The molecule has 1 aromatic heterocycles. The van der Waals surface area contributed by atoms with Crippen LogP contribution in [0.2, 0.25) is 0 Å². The van der Waals surface area contributed by atoms with E-state index >= 15 is 0 Å². The first-order chi connectivity index (χ1) is 15.9. The fourth-order valence-electron chi connectivity index (χ4n) is 3.51. The number of anilines is 4. The van der Waals surface area contributed by atoms with Gasteiger partial charge in [-0.15, -0.1) is 5.10 Å². The van der Waals surface area contributed by atoms with Crippen molar-refractivity contribution in [3.63, 3.8) is 0 Å². The van der Waals surface area contributed by atoms with E-state index in [1.165, 1.54) is 4.90 Å². The summed E-state index contributed by atoms with van der Waals surface area (Å²) in [4.78, 5) is 40.2. The highest BCUT2D eigenvalue weighted by atomic mass is 16.2. The van der Waals surface area contributed by atoms with Crippen molar-refractivity contribution in [2.45, 2.75) is 12.8 Å². The van der Waals surface area contributed by atoms with Gasteiger partial charge in [-0.25, -0.2) is 0 Å². The van der Waals surface area contributed by atoms with E-state index < -0.39 is 0 Å². The Bertz CT molecular complexity index is 1160. The summed E-state index contributed by atoms with van der Waals surface area (Å²) in [5.74, 6) is -0.178. The lowest BCUT2D eigenvalue weighted by Crippen LogP contribution is -2.31. The van der Waals surface area contributed by atoms with Gasteiger partial charge in [0, 0.05) is 44.5 Å². The third kappa shape index (κ3) is 4.98. The molecule has 0 unspecified atom stereocenters. The number of nitrogens with zero attached hydrogens (tertiary/aromatic N) is 4. The summed E-state index contributed by atoms with van der Waals surface area (Å²) in [6.45, 7) is 0.204. The number of aromatic nitrogens is 2. The van der Waals surface area contributed by atoms with Crippen LogP contribution >= 0.6 is 0 Å². The van der Waals surface area contributed by atoms with Crippen LogP contribution in [0.15, 0.2) is 60.8 Å². The molecule has 1 aliphatic heterocycles. The summed E-state index contributed by atoms with van der Waals surface area (Å²) in [6, 6.07) is 15.9. The van der Waals surface area contributed by atoms with Crippen molar-refractivity contribution in [3.8, 4) is 0 Å². The molecule has 0 saturated carbocycles. The molecule has 0 spiro atoms. The van der Waals surface area contributed by atoms with E-state index in [9.17, 15) is 14.4 Å². The van der Waals surface area contributed by atoms with E-state index in [0.717, 1.165) is 11.4 Å². The second-order valence-electron chi connectivity index (χ2n) is 7.86. The quantitative estimate of drug-likeness (QED) is 0.513. The third-order valence-electron chi connectivity index (χ3n) is 5.26. The average molecular weight is 444 g/mol. The molecule has 0 radical (unpaired) electrons. The number of hydrogen-bond donors (Lipinski definition) is 2. The monoisotopic (exact) mass is 444 g/mol. The minimum atomic E-state index is -0.306. The number of fused-ring (bicyclic) bond motifs is 1. The maximum atomic E-state index is 12.4.